The number of carbonyl (C=O) groups excluding carboxylic acids is 1. The summed E-state index contributed by atoms with van der Waals surface area (Å²) in [7, 11) is 0. The lowest BCUT2D eigenvalue weighted by Crippen LogP contribution is -2.24. The second kappa shape index (κ2) is 5.74. The molecule has 1 aliphatic carbocycles. The van der Waals surface area contributed by atoms with E-state index in [-0.39, 0.29) is 11.8 Å². The first-order chi connectivity index (χ1) is 8.15. The summed E-state index contributed by atoms with van der Waals surface area (Å²) in [5, 5.41) is 3.69. The van der Waals surface area contributed by atoms with Crippen LogP contribution in [0.15, 0.2) is 12.1 Å². The predicted molar refractivity (Wildman–Crippen MR) is 70.5 cm³/mol. The molecule has 1 saturated carbocycles. The van der Waals surface area contributed by atoms with Crippen molar-refractivity contribution in [3.8, 4) is 0 Å². The molecule has 1 aromatic carbocycles. The molecule has 4 heteroatoms. The normalized spacial score (nSPS) is 16.8. The fraction of sp³-hybridized carbons (Fsp3) is 0.462. The van der Waals surface area contributed by atoms with Crippen LogP contribution < -0.4 is 5.32 Å². The average molecular weight is 271 g/mol. The Kier molecular flexibility index (Phi) is 4.30. The van der Waals surface area contributed by atoms with Gasteiger partial charge in [0.25, 0.3) is 0 Å². The smallest absolute Gasteiger partial charge is 0.227 e. The lowest BCUT2D eigenvalue weighted by Gasteiger charge is -2.20. The van der Waals surface area contributed by atoms with Crippen LogP contribution in [0.1, 0.15) is 32.1 Å². The second-order valence-corrected chi connectivity index (χ2v) is 5.20. The number of halogens is 2. The van der Waals surface area contributed by atoms with Gasteiger partial charge in [-0.3, -0.25) is 4.79 Å². The topological polar surface area (TPSA) is 29.1 Å². The SMILES string of the molecule is O=C(Nc1cc(Cl)[c]c(Cl)c1)C1CCCCC1. The summed E-state index contributed by atoms with van der Waals surface area (Å²) >= 11 is 11.7. The van der Waals surface area contributed by atoms with Crippen molar-refractivity contribution in [3.63, 3.8) is 0 Å². The van der Waals surface area contributed by atoms with E-state index in [4.69, 9.17) is 23.2 Å². The van der Waals surface area contributed by atoms with Gasteiger partial charge in [0.15, 0.2) is 0 Å². The maximum Gasteiger partial charge on any atom is 0.227 e. The van der Waals surface area contributed by atoms with Crippen LogP contribution in [0.4, 0.5) is 5.69 Å². The Bertz CT molecular complexity index is 394. The van der Waals surface area contributed by atoms with E-state index in [0.717, 1.165) is 25.7 Å². The van der Waals surface area contributed by atoms with Crippen LogP contribution in [-0.2, 0) is 4.79 Å². The largest absolute Gasteiger partial charge is 0.326 e. The van der Waals surface area contributed by atoms with Crippen LogP contribution in [-0.4, -0.2) is 5.91 Å². The fourth-order valence-corrected chi connectivity index (χ4v) is 2.67. The average Bonchev–Trinajstić information content (AvgIpc) is 2.28. The number of nitrogens with one attached hydrogen (secondary N) is 1. The van der Waals surface area contributed by atoms with Gasteiger partial charge in [0.2, 0.25) is 5.91 Å². The molecule has 17 heavy (non-hydrogen) atoms. The van der Waals surface area contributed by atoms with Crippen LogP contribution in [0, 0.1) is 12.0 Å². The van der Waals surface area contributed by atoms with Crippen molar-refractivity contribution in [3.05, 3.63) is 28.2 Å². The zero-order chi connectivity index (χ0) is 12.3. The molecule has 0 saturated heterocycles. The zero-order valence-corrected chi connectivity index (χ0v) is 10.9. The maximum atomic E-state index is 12.0. The van der Waals surface area contributed by atoms with Gasteiger partial charge in [-0.25, -0.2) is 0 Å². The molecule has 0 unspecified atom stereocenters. The van der Waals surface area contributed by atoms with E-state index in [1.54, 1.807) is 12.1 Å². The molecule has 0 aliphatic heterocycles. The minimum atomic E-state index is 0.0723. The van der Waals surface area contributed by atoms with Gasteiger partial charge in [0, 0.05) is 17.7 Å². The molecule has 2 rings (SSSR count). The molecule has 1 aliphatic rings. The Hall–Kier alpha value is -0.730. The summed E-state index contributed by atoms with van der Waals surface area (Å²) in [6.07, 6.45) is 5.48. The third-order valence-corrected chi connectivity index (χ3v) is 3.45. The van der Waals surface area contributed by atoms with Crippen LogP contribution in [0.3, 0.4) is 0 Å². The van der Waals surface area contributed by atoms with E-state index in [1.807, 2.05) is 0 Å². The van der Waals surface area contributed by atoms with Gasteiger partial charge in [-0.05, 0) is 25.0 Å². The molecule has 1 amide bonds. The van der Waals surface area contributed by atoms with E-state index in [1.165, 1.54) is 6.42 Å². The molecule has 1 N–H and O–H groups in total. The van der Waals surface area contributed by atoms with E-state index in [2.05, 4.69) is 11.4 Å². The number of carbonyl (C=O) groups is 1. The molecule has 0 bridgehead atoms. The Labute approximate surface area is 111 Å². The fourth-order valence-electron chi connectivity index (χ4n) is 2.18. The Balaban J connectivity index is 2.01. The maximum absolute atomic E-state index is 12.0. The summed E-state index contributed by atoms with van der Waals surface area (Å²) in [6, 6.07) is 6.06. The van der Waals surface area contributed by atoms with E-state index in [0.29, 0.717) is 15.7 Å². The summed E-state index contributed by atoms with van der Waals surface area (Å²) in [5.74, 6) is 0.202. The first kappa shape index (κ1) is 12.7. The second-order valence-electron chi connectivity index (χ2n) is 4.39. The highest BCUT2D eigenvalue weighted by Gasteiger charge is 2.21. The Morgan fingerprint density at radius 3 is 2.35 bits per heavy atom. The molecule has 0 aromatic heterocycles. The molecule has 0 heterocycles. The van der Waals surface area contributed by atoms with Gasteiger partial charge in [-0.1, -0.05) is 42.5 Å². The lowest BCUT2D eigenvalue weighted by atomic mass is 9.88. The van der Waals surface area contributed by atoms with Crippen LogP contribution >= 0.6 is 23.2 Å². The molecule has 1 radical (unpaired) electrons. The highest BCUT2D eigenvalue weighted by molar-refractivity contribution is 6.34. The standard InChI is InChI=1S/C13H14Cl2NO/c14-10-6-11(15)8-12(7-10)16-13(17)9-4-2-1-3-5-9/h7-9H,1-5H2,(H,16,17). The third kappa shape index (κ3) is 3.62. The van der Waals surface area contributed by atoms with Crippen LogP contribution in [0.5, 0.6) is 0 Å². The first-order valence-corrected chi connectivity index (χ1v) is 6.60. The van der Waals surface area contributed by atoms with Crippen molar-refractivity contribution < 1.29 is 4.79 Å². The van der Waals surface area contributed by atoms with Crippen molar-refractivity contribution in [2.24, 2.45) is 5.92 Å². The number of benzene rings is 1. The number of hydrogen-bond acceptors (Lipinski definition) is 1. The number of rotatable bonds is 2. The van der Waals surface area contributed by atoms with Crippen molar-refractivity contribution in [2.75, 3.05) is 5.32 Å². The van der Waals surface area contributed by atoms with Crippen LogP contribution in [0.2, 0.25) is 10.0 Å². The highest BCUT2D eigenvalue weighted by Crippen LogP contribution is 2.26. The van der Waals surface area contributed by atoms with E-state index < -0.39 is 0 Å². The summed E-state index contributed by atoms with van der Waals surface area (Å²) in [4.78, 5) is 12.0. The molecule has 1 fully saturated rings. The summed E-state index contributed by atoms with van der Waals surface area (Å²) < 4.78 is 0. The minimum Gasteiger partial charge on any atom is -0.326 e. The molecule has 0 atom stereocenters. The quantitative estimate of drug-likeness (QED) is 0.853. The molecular weight excluding hydrogens is 257 g/mol. The molecule has 0 spiro atoms. The zero-order valence-electron chi connectivity index (χ0n) is 9.43. The molecule has 91 valence electrons. The number of hydrogen-bond donors (Lipinski definition) is 1. The van der Waals surface area contributed by atoms with Crippen molar-refractivity contribution in [1.29, 1.82) is 0 Å². The van der Waals surface area contributed by atoms with Crippen LogP contribution in [0.25, 0.3) is 0 Å². The summed E-state index contributed by atoms with van der Waals surface area (Å²) in [6.45, 7) is 0. The lowest BCUT2D eigenvalue weighted by molar-refractivity contribution is -0.120. The summed E-state index contributed by atoms with van der Waals surface area (Å²) in [5.41, 5.74) is 0.648. The van der Waals surface area contributed by atoms with Gasteiger partial charge in [0.1, 0.15) is 0 Å². The third-order valence-electron chi connectivity index (χ3n) is 3.05. The highest BCUT2D eigenvalue weighted by atomic mass is 35.5. The number of amides is 1. The predicted octanol–water partition coefficient (Wildman–Crippen LogP) is 4.31. The van der Waals surface area contributed by atoms with Crippen molar-refractivity contribution >= 4 is 34.8 Å². The van der Waals surface area contributed by atoms with Crippen molar-refractivity contribution in [2.45, 2.75) is 32.1 Å². The van der Waals surface area contributed by atoms with Gasteiger partial charge in [-0.15, -0.1) is 0 Å². The van der Waals surface area contributed by atoms with Gasteiger partial charge in [0.05, 0.1) is 10.0 Å². The molecule has 2 nitrogen and oxygen atoms in total. The van der Waals surface area contributed by atoms with Crippen molar-refractivity contribution in [1.82, 2.24) is 0 Å². The Morgan fingerprint density at radius 2 is 1.76 bits per heavy atom. The van der Waals surface area contributed by atoms with Gasteiger partial charge < -0.3 is 5.32 Å². The first-order valence-electron chi connectivity index (χ1n) is 5.84. The monoisotopic (exact) mass is 270 g/mol. The molecule has 1 aromatic rings. The van der Waals surface area contributed by atoms with Gasteiger partial charge >= 0.3 is 0 Å². The van der Waals surface area contributed by atoms with E-state index in [9.17, 15) is 4.79 Å². The Morgan fingerprint density at radius 1 is 1.18 bits per heavy atom. The minimum absolute atomic E-state index is 0.0723. The number of anilines is 1. The van der Waals surface area contributed by atoms with Gasteiger partial charge in [-0.2, -0.15) is 0 Å². The molecular formula is C13H14Cl2NO. The van der Waals surface area contributed by atoms with E-state index >= 15 is 0 Å².